The maximum Gasteiger partial charge on any atom is 0.309 e. The zero-order valence-electron chi connectivity index (χ0n) is 14.4. The number of carbonyl (C=O) groups is 1. The predicted octanol–water partition coefficient (Wildman–Crippen LogP) is -0.00940. The molecule has 0 amide bonds. The molecule has 9 heteroatoms. The minimum absolute atomic E-state index is 0.0564. The SMILES string of the molecule is C[C@@]1(c2ccc3c(N)ncnn23)O[C@H](COC(=O)C2CCC2)[C@@H](O)[C@H]1O. The largest absolute Gasteiger partial charge is 0.463 e. The van der Waals surface area contributed by atoms with Crippen molar-refractivity contribution in [3.05, 3.63) is 24.2 Å². The van der Waals surface area contributed by atoms with Crippen LogP contribution in [-0.2, 0) is 19.9 Å². The summed E-state index contributed by atoms with van der Waals surface area (Å²) in [5.74, 6) is -0.0308. The number of nitrogen functional groups attached to an aromatic ring is 1. The lowest BCUT2D eigenvalue weighted by atomic mass is 9.86. The fourth-order valence-corrected chi connectivity index (χ4v) is 3.58. The number of nitrogens with two attached hydrogens (primary N) is 1. The van der Waals surface area contributed by atoms with Gasteiger partial charge in [-0.15, -0.1) is 0 Å². The van der Waals surface area contributed by atoms with Crippen LogP contribution in [0.3, 0.4) is 0 Å². The van der Waals surface area contributed by atoms with Crippen LogP contribution in [0.2, 0.25) is 0 Å². The molecule has 0 spiro atoms. The second-order valence-corrected chi connectivity index (χ2v) is 7.12. The Morgan fingerprint density at radius 3 is 2.92 bits per heavy atom. The number of carbonyl (C=O) groups excluding carboxylic acids is 1. The lowest BCUT2D eigenvalue weighted by molar-refractivity contribution is -0.159. The summed E-state index contributed by atoms with van der Waals surface area (Å²) in [4.78, 5) is 15.8. The molecule has 0 unspecified atom stereocenters. The maximum absolute atomic E-state index is 11.9. The molecule has 4 atom stereocenters. The molecule has 1 aliphatic carbocycles. The molecule has 0 bridgehead atoms. The molecule has 4 rings (SSSR count). The third kappa shape index (κ3) is 2.54. The number of fused-ring (bicyclic) bond motifs is 1. The smallest absolute Gasteiger partial charge is 0.309 e. The van der Waals surface area contributed by atoms with Gasteiger partial charge in [0.25, 0.3) is 0 Å². The Bertz CT molecular complexity index is 836. The zero-order chi connectivity index (χ0) is 18.5. The molecule has 0 radical (unpaired) electrons. The summed E-state index contributed by atoms with van der Waals surface area (Å²) >= 11 is 0. The van der Waals surface area contributed by atoms with Crippen LogP contribution in [0.15, 0.2) is 18.5 Å². The summed E-state index contributed by atoms with van der Waals surface area (Å²) in [6.45, 7) is 1.55. The summed E-state index contributed by atoms with van der Waals surface area (Å²) in [5.41, 5.74) is 5.72. The molecule has 2 aliphatic rings. The highest BCUT2D eigenvalue weighted by Gasteiger charge is 2.54. The first-order valence-corrected chi connectivity index (χ1v) is 8.71. The minimum Gasteiger partial charge on any atom is -0.463 e. The van der Waals surface area contributed by atoms with Gasteiger partial charge in [-0.2, -0.15) is 5.10 Å². The second-order valence-electron chi connectivity index (χ2n) is 7.12. The van der Waals surface area contributed by atoms with E-state index in [9.17, 15) is 15.0 Å². The topological polar surface area (TPSA) is 132 Å². The van der Waals surface area contributed by atoms with E-state index in [4.69, 9.17) is 15.2 Å². The number of aromatic nitrogens is 3. The monoisotopic (exact) mass is 362 g/mol. The number of rotatable bonds is 4. The van der Waals surface area contributed by atoms with Gasteiger partial charge in [0.05, 0.1) is 11.6 Å². The van der Waals surface area contributed by atoms with E-state index in [0.29, 0.717) is 17.0 Å². The molecule has 3 heterocycles. The Balaban J connectivity index is 1.55. The number of aliphatic hydroxyl groups is 2. The molecule has 0 aromatic carbocycles. The molecule has 2 fully saturated rings. The Hall–Kier alpha value is -2.23. The summed E-state index contributed by atoms with van der Waals surface area (Å²) in [7, 11) is 0. The molecule has 26 heavy (non-hydrogen) atoms. The summed E-state index contributed by atoms with van der Waals surface area (Å²) < 4.78 is 12.8. The fraction of sp³-hybridized carbons (Fsp3) is 0.588. The average Bonchev–Trinajstić information content (AvgIpc) is 3.09. The predicted molar refractivity (Wildman–Crippen MR) is 89.9 cm³/mol. The molecule has 140 valence electrons. The van der Waals surface area contributed by atoms with E-state index in [0.717, 1.165) is 19.3 Å². The summed E-state index contributed by atoms with van der Waals surface area (Å²) in [6, 6.07) is 3.45. The molecule has 2 aromatic rings. The van der Waals surface area contributed by atoms with Crippen molar-refractivity contribution in [2.45, 2.75) is 50.1 Å². The van der Waals surface area contributed by atoms with Gasteiger partial charge in [0.15, 0.2) is 5.82 Å². The van der Waals surface area contributed by atoms with Gasteiger partial charge in [0.2, 0.25) is 0 Å². The van der Waals surface area contributed by atoms with Crippen molar-refractivity contribution < 1.29 is 24.5 Å². The average molecular weight is 362 g/mol. The number of anilines is 1. The first kappa shape index (κ1) is 17.2. The van der Waals surface area contributed by atoms with Gasteiger partial charge < -0.3 is 25.4 Å². The highest BCUT2D eigenvalue weighted by atomic mass is 16.6. The first-order chi connectivity index (χ1) is 12.4. The molecule has 1 aliphatic heterocycles. The normalized spacial score (nSPS) is 31.9. The van der Waals surface area contributed by atoms with Crippen LogP contribution in [0.5, 0.6) is 0 Å². The number of ether oxygens (including phenoxy) is 2. The Morgan fingerprint density at radius 2 is 2.23 bits per heavy atom. The van der Waals surface area contributed by atoms with E-state index in [1.54, 1.807) is 19.1 Å². The van der Waals surface area contributed by atoms with Crippen molar-refractivity contribution in [3.8, 4) is 0 Å². The number of esters is 1. The van der Waals surface area contributed by atoms with E-state index in [1.807, 2.05) is 0 Å². The van der Waals surface area contributed by atoms with Gasteiger partial charge in [-0.3, -0.25) is 4.79 Å². The van der Waals surface area contributed by atoms with Crippen molar-refractivity contribution in [1.82, 2.24) is 14.6 Å². The van der Waals surface area contributed by atoms with Crippen LogP contribution in [0, 0.1) is 5.92 Å². The van der Waals surface area contributed by atoms with Gasteiger partial charge in [0.1, 0.15) is 42.4 Å². The van der Waals surface area contributed by atoms with Crippen molar-refractivity contribution in [3.63, 3.8) is 0 Å². The lowest BCUT2D eigenvalue weighted by Crippen LogP contribution is -2.39. The molecule has 1 saturated heterocycles. The van der Waals surface area contributed by atoms with E-state index in [1.165, 1.54) is 10.8 Å². The highest BCUT2D eigenvalue weighted by Crippen LogP contribution is 2.40. The Morgan fingerprint density at radius 1 is 1.46 bits per heavy atom. The van der Waals surface area contributed by atoms with E-state index >= 15 is 0 Å². The summed E-state index contributed by atoms with van der Waals surface area (Å²) in [5, 5.41) is 25.2. The van der Waals surface area contributed by atoms with Crippen LogP contribution in [0.1, 0.15) is 31.9 Å². The Kier molecular flexibility index (Phi) is 4.09. The van der Waals surface area contributed by atoms with Gasteiger partial charge in [-0.1, -0.05) is 6.42 Å². The minimum atomic E-state index is -1.24. The molecular formula is C17H22N4O5. The highest BCUT2D eigenvalue weighted by molar-refractivity contribution is 5.73. The van der Waals surface area contributed by atoms with E-state index in [-0.39, 0.29) is 18.5 Å². The molecule has 1 saturated carbocycles. The summed E-state index contributed by atoms with van der Waals surface area (Å²) in [6.07, 6.45) is 0.775. The first-order valence-electron chi connectivity index (χ1n) is 8.71. The van der Waals surface area contributed by atoms with Crippen LogP contribution in [-0.4, -0.2) is 55.7 Å². The third-order valence-electron chi connectivity index (χ3n) is 5.48. The Labute approximate surface area is 149 Å². The molecule has 2 aromatic heterocycles. The van der Waals surface area contributed by atoms with Crippen LogP contribution in [0.4, 0.5) is 5.82 Å². The van der Waals surface area contributed by atoms with E-state index < -0.39 is 23.9 Å². The third-order valence-corrected chi connectivity index (χ3v) is 5.48. The van der Waals surface area contributed by atoms with Crippen molar-refractivity contribution in [1.29, 1.82) is 0 Å². The fourth-order valence-electron chi connectivity index (χ4n) is 3.58. The van der Waals surface area contributed by atoms with Crippen LogP contribution >= 0.6 is 0 Å². The second kappa shape index (κ2) is 6.19. The van der Waals surface area contributed by atoms with Crippen molar-refractivity contribution in [2.24, 2.45) is 5.92 Å². The number of hydrogen-bond acceptors (Lipinski definition) is 8. The van der Waals surface area contributed by atoms with Crippen LogP contribution < -0.4 is 5.73 Å². The van der Waals surface area contributed by atoms with Crippen molar-refractivity contribution in [2.75, 3.05) is 12.3 Å². The molecule has 9 nitrogen and oxygen atoms in total. The van der Waals surface area contributed by atoms with Gasteiger partial charge in [0, 0.05) is 0 Å². The quantitative estimate of drug-likeness (QED) is 0.647. The number of nitrogens with zero attached hydrogens (tertiary/aromatic N) is 3. The van der Waals surface area contributed by atoms with Gasteiger partial charge in [-0.05, 0) is 31.9 Å². The number of aliphatic hydroxyl groups excluding tert-OH is 2. The van der Waals surface area contributed by atoms with Crippen molar-refractivity contribution >= 4 is 17.3 Å². The van der Waals surface area contributed by atoms with Gasteiger partial charge in [-0.25, -0.2) is 9.50 Å². The lowest BCUT2D eigenvalue weighted by Gasteiger charge is -2.27. The van der Waals surface area contributed by atoms with Gasteiger partial charge >= 0.3 is 5.97 Å². The van der Waals surface area contributed by atoms with Crippen LogP contribution in [0.25, 0.3) is 5.52 Å². The maximum atomic E-state index is 11.9. The standard InChI is InChI=1S/C17H22N4O5/c1-17(12-6-5-10-15(18)19-8-20-21(10)12)14(23)13(22)11(26-17)7-25-16(24)9-3-2-4-9/h5-6,8-9,11,13-14,22-23H,2-4,7H2,1H3,(H2,18,19,20)/t11-,13-,14-,17+/m1/s1. The number of hydrogen-bond donors (Lipinski definition) is 3. The molecule has 4 N–H and O–H groups in total. The van der Waals surface area contributed by atoms with E-state index in [2.05, 4.69) is 10.1 Å². The molecular weight excluding hydrogens is 340 g/mol. The zero-order valence-corrected chi connectivity index (χ0v) is 14.4.